The largest absolute Gasteiger partial charge is 0.279 e. The number of benzene rings is 2. The van der Waals surface area contributed by atoms with E-state index in [1.165, 1.54) is 12.1 Å². The number of nitro benzene ring substituents is 1. The van der Waals surface area contributed by atoms with Crippen LogP contribution in [0.2, 0.25) is 0 Å². The van der Waals surface area contributed by atoms with E-state index in [2.05, 4.69) is 17.4 Å². The number of anilines is 1. The predicted molar refractivity (Wildman–Crippen MR) is 77.6 cm³/mol. The SMILES string of the molecule is O=[N+]([O-])c1ccc(S(=O)(=O)Nc2ccccc2S)cc1. The molecule has 0 radical (unpaired) electrons. The van der Waals surface area contributed by atoms with Gasteiger partial charge in [0.25, 0.3) is 15.7 Å². The summed E-state index contributed by atoms with van der Waals surface area (Å²) in [7, 11) is -3.80. The summed E-state index contributed by atoms with van der Waals surface area (Å²) in [5.41, 5.74) is 0.174. The Bertz CT molecular complexity index is 742. The Morgan fingerprint density at radius 1 is 1.05 bits per heavy atom. The molecular weight excluding hydrogens is 300 g/mol. The van der Waals surface area contributed by atoms with Gasteiger partial charge in [0.2, 0.25) is 0 Å². The van der Waals surface area contributed by atoms with Gasteiger partial charge in [-0.25, -0.2) is 8.42 Å². The smallest absolute Gasteiger partial charge is 0.269 e. The summed E-state index contributed by atoms with van der Waals surface area (Å²) in [6, 6.07) is 11.3. The number of nitrogens with one attached hydrogen (secondary N) is 1. The van der Waals surface area contributed by atoms with Gasteiger partial charge >= 0.3 is 0 Å². The van der Waals surface area contributed by atoms with E-state index in [4.69, 9.17) is 0 Å². The predicted octanol–water partition coefficient (Wildman–Crippen LogP) is 2.68. The van der Waals surface area contributed by atoms with Gasteiger partial charge in [0.05, 0.1) is 15.5 Å². The Labute approximate surface area is 121 Å². The van der Waals surface area contributed by atoms with E-state index >= 15 is 0 Å². The minimum atomic E-state index is -3.80. The van der Waals surface area contributed by atoms with Crippen molar-refractivity contribution in [1.82, 2.24) is 0 Å². The van der Waals surface area contributed by atoms with Crippen LogP contribution in [0.15, 0.2) is 58.3 Å². The maximum absolute atomic E-state index is 12.1. The van der Waals surface area contributed by atoms with E-state index in [0.29, 0.717) is 10.6 Å². The summed E-state index contributed by atoms with van der Waals surface area (Å²) in [5, 5.41) is 10.5. The fraction of sp³-hybridized carbons (Fsp3) is 0. The Balaban J connectivity index is 2.31. The van der Waals surface area contributed by atoms with Gasteiger partial charge in [-0.2, -0.15) is 0 Å². The third-order valence-corrected chi connectivity index (χ3v) is 4.28. The highest BCUT2D eigenvalue weighted by Gasteiger charge is 2.16. The van der Waals surface area contributed by atoms with Crippen molar-refractivity contribution in [3.63, 3.8) is 0 Å². The lowest BCUT2D eigenvalue weighted by Crippen LogP contribution is -2.13. The number of sulfonamides is 1. The van der Waals surface area contributed by atoms with Crippen molar-refractivity contribution >= 4 is 34.0 Å². The fourth-order valence-corrected chi connectivity index (χ4v) is 2.88. The fourth-order valence-electron chi connectivity index (χ4n) is 1.51. The summed E-state index contributed by atoms with van der Waals surface area (Å²) < 4.78 is 26.6. The van der Waals surface area contributed by atoms with Crippen molar-refractivity contribution in [2.24, 2.45) is 0 Å². The number of non-ortho nitro benzene ring substituents is 1. The maximum Gasteiger partial charge on any atom is 0.269 e. The zero-order chi connectivity index (χ0) is 14.8. The number of hydrogen-bond acceptors (Lipinski definition) is 5. The molecule has 0 fully saturated rings. The van der Waals surface area contributed by atoms with E-state index in [9.17, 15) is 18.5 Å². The van der Waals surface area contributed by atoms with Crippen LogP contribution in [0.3, 0.4) is 0 Å². The lowest BCUT2D eigenvalue weighted by molar-refractivity contribution is -0.384. The average molecular weight is 310 g/mol. The first-order valence-corrected chi connectivity index (χ1v) is 7.38. The Morgan fingerprint density at radius 3 is 2.20 bits per heavy atom. The number of para-hydroxylation sites is 1. The van der Waals surface area contributed by atoms with Gasteiger partial charge in [0, 0.05) is 17.0 Å². The first-order valence-electron chi connectivity index (χ1n) is 5.45. The topological polar surface area (TPSA) is 89.3 Å². The first kappa shape index (κ1) is 14.4. The van der Waals surface area contributed by atoms with E-state index in [1.54, 1.807) is 24.3 Å². The van der Waals surface area contributed by atoms with Gasteiger partial charge in [-0.15, -0.1) is 12.6 Å². The molecule has 0 spiro atoms. The molecule has 0 unspecified atom stereocenters. The van der Waals surface area contributed by atoms with Crippen LogP contribution in [-0.2, 0) is 10.0 Å². The zero-order valence-corrected chi connectivity index (χ0v) is 11.8. The van der Waals surface area contributed by atoms with E-state index < -0.39 is 14.9 Å². The van der Waals surface area contributed by atoms with Gasteiger partial charge in [-0.1, -0.05) is 12.1 Å². The van der Waals surface area contributed by atoms with Crippen molar-refractivity contribution in [2.45, 2.75) is 9.79 Å². The molecule has 2 aromatic carbocycles. The molecule has 20 heavy (non-hydrogen) atoms. The maximum atomic E-state index is 12.1. The Hall–Kier alpha value is -2.06. The molecule has 2 rings (SSSR count). The Morgan fingerprint density at radius 2 is 1.65 bits per heavy atom. The van der Waals surface area contributed by atoms with Crippen LogP contribution >= 0.6 is 12.6 Å². The summed E-state index contributed by atoms with van der Waals surface area (Å²) in [4.78, 5) is 10.4. The molecule has 0 aliphatic rings. The molecular formula is C12H10N2O4S2. The van der Waals surface area contributed by atoms with Gasteiger partial charge in [0.1, 0.15) is 0 Å². The van der Waals surface area contributed by atoms with E-state index in [-0.39, 0.29) is 10.6 Å². The monoisotopic (exact) mass is 310 g/mol. The summed E-state index contributed by atoms with van der Waals surface area (Å²) in [6.45, 7) is 0. The minimum absolute atomic E-state index is 0.0558. The molecule has 0 atom stereocenters. The van der Waals surface area contributed by atoms with Gasteiger partial charge in [-0.3, -0.25) is 14.8 Å². The molecule has 0 aliphatic carbocycles. The van der Waals surface area contributed by atoms with Crippen molar-refractivity contribution in [2.75, 3.05) is 4.72 Å². The minimum Gasteiger partial charge on any atom is -0.279 e. The molecule has 0 aromatic heterocycles. The van der Waals surface area contributed by atoms with Crippen molar-refractivity contribution < 1.29 is 13.3 Å². The summed E-state index contributed by atoms with van der Waals surface area (Å²) >= 11 is 4.15. The normalized spacial score (nSPS) is 11.1. The number of hydrogen-bond donors (Lipinski definition) is 2. The summed E-state index contributed by atoms with van der Waals surface area (Å²) in [6.07, 6.45) is 0. The number of thiol groups is 1. The Kier molecular flexibility index (Phi) is 3.96. The zero-order valence-electron chi connectivity index (χ0n) is 10.1. The highest BCUT2D eigenvalue weighted by atomic mass is 32.2. The van der Waals surface area contributed by atoms with Crippen molar-refractivity contribution in [3.8, 4) is 0 Å². The third kappa shape index (κ3) is 3.09. The van der Waals surface area contributed by atoms with E-state index in [1.807, 2.05) is 0 Å². The quantitative estimate of drug-likeness (QED) is 0.516. The molecule has 0 aliphatic heterocycles. The lowest BCUT2D eigenvalue weighted by atomic mass is 10.3. The van der Waals surface area contributed by atoms with Crippen LogP contribution in [-0.4, -0.2) is 13.3 Å². The lowest BCUT2D eigenvalue weighted by Gasteiger charge is -2.09. The van der Waals surface area contributed by atoms with Crippen LogP contribution in [0.25, 0.3) is 0 Å². The molecule has 6 nitrogen and oxygen atoms in total. The highest BCUT2D eigenvalue weighted by Crippen LogP contribution is 2.23. The second-order valence-electron chi connectivity index (χ2n) is 3.87. The van der Waals surface area contributed by atoms with Gasteiger partial charge in [-0.05, 0) is 24.3 Å². The molecule has 0 saturated carbocycles. The first-order chi connectivity index (χ1) is 9.40. The van der Waals surface area contributed by atoms with Crippen LogP contribution in [0.4, 0.5) is 11.4 Å². The molecule has 0 heterocycles. The van der Waals surface area contributed by atoms with Crippen LogP contribution < -0.4 is 4.72 Å². The average Bonchev–Trinajstić information content (AvgIpc) is 2.41. The third-order valence-electron chi connectivity index (χ3n) is 2.51. The van der Waals surface area contributed by atoms with Gasteiger partial charge in [0.15, 0.2) is 0 Å². The molecule has 1 N–H and O–H groups in total. The van der Waals surface area contributed by atoms with Gasteiger partial charge < -0.3 is 0 Å². The second kappa shape index (κ2) is 5.51. The molecule has 0 amide bonds. The molecule has 2 aromatic rings. The van der Waals surface area contributed by atoms with Crippen molar-refractivity contribution in [3.05, 3.63) is 58.6 Å². The molecule has 0 saturated heterocycles. The second-order valence-corrected chi connectivity index (χ2v) is 6.04. The standard InChI is InChI=1S/C12H10N2O4S2/c15-14(16)9-5-7-10(8-6-9)20(17,18)13-11-3-1-2-4-12(11)19/h1-8,13,19H. The van der Waals surface area contributed by atoms with Crippen molar-refractivity contribution in [1.29, 1.82) is 0 Å². The van der Waals surface area contributed by atoms with Crippen LogP contribution in [0.1, 0.15) is 0 Å². The van der Waals surface area contributed by atoms with Crippen LogP contribution in [0.5, 0.6) is 0 Å². The summed E-state index contributed by atoms with van der Waals surface area (Å²) in [5.74, 6) is 0. The molecule has 8 heteroatoms. The van der Waals surface area contributed by atoms with E-state index in [0.717, 1.165) is 12.1 Å². The number of rotatable bonds is 4. The number of nitro groups is 1. The molecule has 0 bridgehead atoms. The number of nitrogens with zero attached hydrogens (tertiary/aromatic N) is 1. The molecule has 104 valence electrons. The van der Waals surface area contributed by atoms with Crippen LogP contribution in [0, 0.1) is 10.1 Å². The highest BCUT2D eigenvalue weighted by molar-refractivity contribution is 7.92.